The largest absolute Gasteiger partial charge is 0.399 e. The summed E-state index contributed by atoms with van der Waals surface area (Å²) in [5.41, 5.74) is 7.13. The summed E-state index contributed by atoms with van der Waals surface area (Å²) in [6, 6.07) is 9.49. The molecule has 3 aromatic rings. The van der Waals surface area contributed by atoms with Crippen molar-refractivity contribution in [2.75, 3.05) is 5.73 Å². The first kappa shape index (κ1) is 13.7. The standard InChI is InChI=1S/C14H15N5OS/c1-8(2)19-13(20)17-18-14(19)21-12-6-3-9-7-10(15)4-5-11(9)16-12/h3-8H,15H2,1-2H3,(H,17,20). The number of hydrogen-bond acceptors (Lipinski definition) is 5. The second-order valence-electron chi connectivity index (χ2n) is 4.98. The monoisotopic (exact) mass is 301 g/mol. The molecule has 1 aromatic carbocycles. The van der Waals surface area contributed by atoms with Crippen LogP contribution in [-0.2, 0) is 0 Å². The lowest BCUT2D eigenvalue weighted by molar-refractivity contribution is 0.534. The van der Waals surface area contributed by atoms with E-state index < -0.39 is 0 Å². The minimum absolute atomic E-state index is 0.0407. The van der Waals surface area contributed by atoms with Crippen LogP contribution in [0.1, 0.15) is 19.9 Å². The third kappa shape index (κ3) is 2.64. The maximum atomic E-state index is 11.7. The highest BCUT2D eigenvalue weighted by Gasteiger charge is 2.13. The molecule has 0 aliphatic carbocycles. The Morgan fingerprint density at radius 1 is 1.29 bits per heavy atom. The van der Waals surface area contributed by atoms with Crippen molar-refractivity contribution < 1.29 is 0 Å². The fraction of sp³-hybridized carbons (Fsp3) is 0.214. The lowest BCUT2D eigenvalue weighted by Gasteiger charge is -2.08. The van der Waals surface area contributed by atoms with E-state index in [0.29, 0.717) is 10.8 Å². The van der Waals surface area contributed by atoms with Gasteiger partial charge in [-0.2, -0.15) is 0 Å². The summed E-state index contributed by atoms with van der Waals surface area (Å²) in [5, 5.41) is 8.91. The highest BCUT2D eigenvalue weighted by atomic mass is 32.2. The normalized spacial score (nSPS) is 11.4. The van der Waals surface area contributed by atoms with Crippen LogP contribution < -0.4 is 11.4 Å². The molecule has 2 aromatic heterocycles. The van der Waals surface area contributed by atoms with Gasteiger partial charge in [0.1, 0.15) is 5.03 Å². The summed E-state index contributed by atoms with van der Waals surface area (Å²) in [6.07, 6.45) is 0. The molecule has 21 heavy (non-hydrogen) atoms. The predicted octanol–water partition coefficient (Wildman–Crippen LogP) is 2.43. The highest BCUT2D eigenvalue weighted by molar-refractivity contribution is 7.99. The Morgan fingerprint density at radius 3 is 2.86 bits per heavy atom. The minimum Gasteiger partial charge on any atom is -0.399 e. The molecule has 6 nitrogen and oxygen atoms in total. The van der Waals surface area contributed by atoms with Gasteiger partial charge in [0.15, 0.2) is 5.16 Å². The van der Waals surface area contributed by atoms with E-state index in [-0.39, 0.29) is 11.7 Å². The number of hydrogen-bond donors (Lipinski definition) is 2. The number of rotatable bonds is 3. The molecule has 0 aliphatic heterocycles. The van der Waals surface area contributed by atoms with Gasteiger partial charge in [-0.3, -0.25) is 4.57 Å². The van der Waals surface area contributed by atoms with Crippen LogP contribution in [-0.4, -0.2) is 19.7 Å². The van der Waals surface area contributed by atoms with Gasteiger partial charge in [-0.15, -0.1) is 5.10 Å². The summed E-state index contributed by atoms with van der Waals surface area (Å²) in [6.45, 7) is 3.88. The molecule has 0 radical (unpaired) electrons. The molecule has 0 amide bonds. The van der Waals surface area contributed by atoms with Crippen molar-refractivity contribution in [3.8, 4) is 0 Å². The lowest BCUT2D eigenvalue weighted by Crippen LogP contribution is -2.19. The van der Waals surface area contributed by atoms with Gasteiger partial charge in [0.2, 0.25) is 0 Å². The zero-order valence-electron chi connectivity index (χ0n) is 11.7. The summed E-state index contributed by atoms with van der Waals surface area (Å²) < 4.78 is 1.61. The number of nitrogens with one attached hydrogen (secondary N) is 1. The quantitative estimate of drug-likeness (QED) is 0.725. The number of aromatic nitrogens is 4. The maximum absolute atomic E-state index is 11.7. The van der Waals surface area contributed by atoms with Crippen molar-refractivity contribution in [2.45, 2.75) is 30.1 Å². The van der Waals surface area contributed by atoms with E-state index in [1.165, 1.54) is 11.8 Å². The fourth-order valence-electron chi connectivity index (χ4n) is 2.09. The van der Waals surface area contributed by atoms with Gasteiger partial charge in [0, 0.05) is 17.1 Å². The Kier molecular flexibility index (Phi) is 3.42. The topological polar surface area (TPSA) is 89.6 Å². The van der Waals surface area contributed by atoms with Crippen molar-refractivity contribution >= 4 is 28.4 Å². The van der Waals surface area contributed by atoms with Crippen molar-refractivity contribution in [1.29, 1.82) is 0 Å². The van der Waals surface area contributed by atoms with E-state index in [9.17, 15) is 4.79 Å². The number of fused-ring (bicyclic) bond motifs is 1. The highest BCUT2D eigenvalue weighted by Crippen LogP contribution is 2.27. The molecular weight excluding hydrogens is 286 g/mol. The third-order valence-corrected chi connectivity index (χ3v) is 3.98. The second-order valence-corrected chi connectivity index (χ2v) is 5.97. The van der Waals surface area contributed by atoms with Crippen LogP contribution in [0.2, 0.25) is 0 Å². The maximum Gasteiger partial charge on any atom is 0.344 e. The number of benzene rings is 1. The van der Waals surface area contributed by atoms with E-state index in [1.807, 2.05) is 44.2 Å². The average Bonchev–Trinajstić information content (AvgIpc) is 2.80. The molecule has 108 valence electrons. The predicted molar refractivity (Wildman–Crippen MR) is 83.5 cm³/mol. The SMILES string of the molecule is CC(C)n1c(Sc2ccc3cc(N)ccc3n2)n[nH]c1=O. The van der Waals surface area contributed by atoms with Crippen LogP contribution >= 0.6 is 11.8 Å². The molecule has 0 unspecified atom stereocenters. The summed E-state index contributed by atoms with van der Waals surface area (Å²) >= 11 is 1.36. The molecule has 0 atom stereocenters. The van der Waals surface area contributed by atoms with Crippen LogP contribution in [0.15, 0.2) is 45.3 Å². The molecular formula is C14H15N5OS. The molecule has 2 heterocycles. The van der Waals surface area contributed by atoms with Crippen LogP contribution in [0.4, 0.5) is 5.69 Å². The van der Waals surface area contributed by atoms with E-state index in [0.717, 1.165) is 15.9 Å². The molecule has 3 N–H and O–H groups in total. The van der Waals surface area contributed by atoms with E-state index >= 15 is 0 Å². The van der Waals surface area contributed by atoms with Crippen molar-refractivity contribution in [3.05, 3.63) is 40.8 Å². The first-order valence-corrected chi connectivity index (χ1v) is 7.37. The van der Waals surface area contributed by atoms with E-state index in [1.54, 1.807) is 4.57 Å². The van der Waals surface area contributed by atoms with Crippen molar-refractivity contribution in [1.82, 2.24) is 19.7 Å². The van der Waals surface area contributed by atoms with Gasteiger partial charge >= 0.3 is 5.69 Å². The second kappa shape index (κ2) is 5.25. The number of nitrogen functional groups attached to an aromatic ring is 1. The molecule has 0 saturated carbocycles. The molecule has 0 aliphatic rings. The van der Waals surface area contributed by atoms with Gasteiger partial charge in [0.05, 0.1) is 5.52 Å². The molecule has 3 rings (SSSR count). The first-order chi connectivity index (χ1) is 10.0. The lowest BCUT2D eigenvalue weighted by atomic mass is 10.2. The number of H-pyrrole nitrogens is 1. The third-order valence-electron chi connectivity index (χ3n) is 3.07. The van der Waals surface area contributed by atoms with Crippen LogP contribution in [0, 0.1) is 0 Å². The number of pyridine rings is 1. The molecule has 0 fully saturated rings. The molecule has 0 spiro atoms. The molecule has 0 saturated heterocycles. The Hall–Kier alpha value is -2.28. The number of anilines is 1. The smallest absolute Gasteiger partial charge is 0.344 e. The van der Waals surface area contributed by atoms with Gasteiger partial charge in [-0.25, -0.2) is 14.9 Å². The van der Waals surface area contributed by atoms with E-state index in [2.05, 4.69) is 15.2 Å². The fourth-order valence-corrected chi connectivity index (χ4v) is 3.04. The number of nitrogens with zero attached hydrogens (tertiary/aromatic N) is 3. The summed E-state index contributed by atoms with van der Waals surface area (Å²) in [7, 11) is 0. The Labute approximate surface area is 125 Å². The summed E-state index contributed by atoms with van der Waals surface area (Å²) in [4.78, 5) is 16.3. The zero-order chi connectivity index (χ0) is 15.0. The Bertz CT molecular complexity index is 852. The Balaban J connectivity index is 1.99. The van der Waals surface area contributed by atoms with Crippen LogP contribution in [0.25, 0.3) is 10.9 Å². The average molecular weight is 301 g/mol. The van der Waals surface area contributed by atoms with Crippen molar-refractivity contribution in [2.24, 2.45) is 0 Å². The van der Waals surface area contributed by atoms with Gasteiger partial charge in [-0.1, -0.05) is 6.07 Å². The number of aromatic amines is 1. The van der Waals surface area contributed by atoms with Crippen LogP contribution in [0.3, 0.4) is 0 Å². The number of nitrogens with two attached hydrogens (primary N) is 1. The minimum atomic E-state index is -0.207. The molecule has 0 bridgehead atoms. The van der Waals surface area contributed by atoms with Crippen molar-refractivity contribution in [3.63, 3.8) is 0 Å². The van der Waals surface area contributed by atoms with Gasteiger partial charge < -0.3 is 5.73 Å². The Morgan fingerprint density at radius 2 is 2.10 bits per heavy atom. The van der Waals surface area contributed by atoms with Gasteiger partial charge in [-0.05, 0) is 49.9 Å². The molecule has 7 heteroatoms. The van der Waals surface area contributed by atoms with Crippen LogP contribution in [0.5, 0.6) is 0 Å². The van der Waals surface area contributed by atoms with Gasteiger partial charge in [0.25, 0.3) is 0 Å². The summed E-state index contributed by atoms with van der Waals surface area (Å²) in [5.74, 6) is 0. The first-order valence-electron chi connectivity index (χ1n) is 6.55. The zero-order valence-corrected chi connectivity index (χ0v) is 12.5. The van der Waals surface area contributed by atoms with E-state index in [4.69, 9.17) is 5.73 Å².